The van der Waals surface area contributed by atoms with Crippen molar-refractivity contribution in [3.05, 3.63) is 0 Å². The van der Waals surface area contributed by atoms with E-state index in [9.17, 15) is 4.79 Å². The molecule has 2 fully saturated rings. The Morgan fingerprint density at radius 1 is 1.39 bits per heavy atom. The van der Waals surface area contributed by atoms with Crippen molar-refractivity contribution in [3.8, 4) is 0 Å². The zero-order valence-electron chi connectivity index (χ0n) is 11.1. The molecule has 5 heteroatoms. The van der Waals surface area contributed by atoms with Gasteiger partial charge in [-0.05, 0) is 38.8 Å². The van der Waals surface area contributed by atoms with Crippen molar-refractivity contribution in [3.63, 3.8) is 0 Å². The lowest BCUT2D eigenvalue weighted by Gasteiger charge is -2.23. The lowest BCUT2D eigenvalue weighted by molar-refractivity contribution is -0.149. The van der Waals surface area contributed by atoms with Gasteiger partial charge < -0.3 is 15.2 Å². The highest BCUT2D eigenvalue weighted by Gasteiger charge is 2.30. The van der Waals surface area contributed by atoms with Gasteiger partial charge in [0.15, 0.2) is 6.10 Å². The lowest BCUT2D eigenvalue weighted by Crippen LogP contribution is -2.40. The second kappa shape index (κ2) is 6.50. The van der Waals surface area contributed by atoms with Crippen LogP contribution in [0.4, 0.5) is 0 Å². The summed E-state index contributed by atoms with van der Waals surface area (Å²) in [7, 11) is 0. The van der Waals surface area contributed by atoms with E-state index in [1.54, 1.807) is 0 Å². The minimum absolute atomic E-state index is 0.0718. The molecule has 0 aromatic carbocycles. The van der Waals surface area contributed by atoms with E-state index in [1.165, 1.54) is 19.4 Å². The van der Waals surface area contributed by atoms with Crippen LogP contribution < -0.4 is 5.32 Å². The van der Waals surface area contributed by atoms with Crippen LogP contribution in [-0.2, 0) is 9.53 Å². The summed E-state index contributed by atoms with van der Waals surface area (Å²) in [5.41, 5.74) is 0. The molecule has 3 atom stereocenters. The Balaban J connectivity index is 1.63. The Morgan fingerprint density at radius 3 is 2.89 bits per heavy atom. The number of carboxylic acids is 1. The van der Waals surface area contributed by atoms with Crippen LogP contribution in [0.1, 0.15) is 32.6 Å². The van der Waals surface area contributed by atoms with Crippen molar-refractivity contribution < 1.29 is 14.6 Å². The minimum atomic E-state index is -0.828. The first kappa shape index (κ1) is 13.8. The number of nitrogens with zero attached hydrogens (tertiary/aromatic N) is 1. The number of rotatable bonds is 6. The molecule has 2 heterocycles. The van der Waals surface area contributed by atoms with Gasteiger partial charge in [0.25, 0.3) is 0 Å². The van der Waals surface area contributed by atoms with E-state index in [2.05, 4.69) is 17.1 Å². The Labute approximate surface area is 108 Å². The van der Waals surface area contributed by atoms with Crippen molar-refractivity contribution in [2.24, 2.45) is 0 Å². The number of carbonyl (C=O) groups is 1. The van der Waals surface area contributed by atoms with E-state index in [-0.39, 0.29) is 6.10 Å². The van der Waals surface area contributed by atoms with E-state index < -0.39 is 12.1 Å². The van der Waals surface area contributed by atoms with Gasteiger partial charge in [0.05, 0.1) is 6.10 Å². The smallest absolute Gasteiger partial charge is 0.332 e. The van der Waals surface area contributed by atoms with Gasteiger partial charge in [0.1, 0.15) is 0 Å². The molecule has 104 valence electrons. The number of likely N-dealkylation sites (tertiary alicyclic amines) is 1. The molecule has 0 aliphatic carbocycles. The third-order valence-electron chi connectivity index (χ3n) is 4.04. The van der Waals surface area contributed by atoms with Crippen molar-refractivity contribution in [2.75, 3.05) is 26.2 Å². The van der Waals surface area contributed by atoms with Gasteiger partial charge in [-0.15, -0.1) is 0 Å². The predicted molar refractivity (Wildman–Crippen MR) is 68.7 cm³/mol. The summed E-state index contributed by atoms with van der Waals surface area (Å²) in [5, 5.41) is 12.3. The summed E-state index contributed by atoms with van der Waals surface area (Å²) in [6, 6.07) is 0.645. The van der Waals surface area contributed by atoms with Crippen LogP contribution in [-0.4, -0.2) is 60.4 Å². The van der Waals surface area contributed by atoms with E-state index in [4.69, 9.17) is 9.84 Å². The molecule has 0 radical (unpaired) electrons. The van der Waals surface area contributed by atoms with Crippen LogP contribution in [0, 0.1) is 0 Å². The van der Waals surface area contributed by atoms with Crippen molar-refractivity contribution in [1.29, 1.82) is 0 Å². The zero-order chi connectivity index (χ0) is 13.0. The maximum Gasteiger partial charge on any atom is 0.332 e. The zero-order valence-corrected chi connectivity index (χ0v) is 11.1. The average molecular weight is 256 g/mol. The summed E-state index contributed by atoms with van der Waals surface area (Å²) in [5.74, 6) is -0.828. The molecule has 2 aliphatic rings. The van der Waals surface area contributed by atoms with Gasteiger partial charge in [-0.1, -0.05) is 6.92 Å². The summed E-state index contributed by atoms with van der Waals surface area (Å²) < 4.78 is 5.47. The quantitative estimate of drug-likeness (QED) is 0.732. The van der Waals surface area contributed by atoms with Crippen molar-refractivity contribution >= 4 is 5.97 Å². The fourth-order valence-corrected chi connectivity index (χ4v) is 2.99. The highest BCUT2D eigenvalue weighted by Crippen LogP contribution is 2.20. The second-order valence-electron chi connectivity index (χ2n) is 5.25. The first-order valence-electron chi connectivity index (χ1n) is 7.03. The minimum Gasteiger partial charge on any atom is -0.479 e. The number of nitrogens with one attached hydrogen (secondary N) is 1. The van der Waals surface area contributed by atoms with Gasteiger partial charge in [-0.25, -0.2) is 4.79 Å². The van der Waals surface area contributed by atoms with E-state index in [0.29, 0.717) is 12.5 Å². The molecule has 0 aromatic rings. The highest BCUT2D eigenvalue weighted by atomic mass is 16.5. The molecular formula is C13H24N2O3. The first-order valence-corrected chi connectivity index (χ1v) is 7.03. The Hall–Kier alpha value is -0.650. The number of ether oxygens (including phenoxy) is 1. The van der Waals surface area contributed by atoms with E-state index >= 15 is 0 Å². The molecule has 0 saturated carbocycles. The average Bonchev–Trinajstić information content (AvgIpc) is 2.97. The van der Waals surface area contributed by atoms with Crippen LogP contribution in [0.15, 0.2) is 0 Å². The molecule has 0 spiro atoms. The van der Waals surface area contributed by atoms with Crippen LogP contribution in [0.25, 0.3) is 0 Å². The SMILES string of the molecule is CCN1CCCC1CNCC1CCC(C(=O)O)O1. The highest BCUT2D eigenvalue weighted by molar-refractivity contribution is 5.72. The topological polar surface area (TPSA) is 61.8 Å². The first-order chi connectivity index (χ1) is 8.70. The summed E-state index contributed by atoms with van der Waals surface area (Å²) in [6.45, 7) is 6.30. The molecule has 3 unspecified atom stereocenters. The lowest BCUT2D eigenvalue weighted by atomic mass is 10.2. The summed E-state index contributed by atoms with van der Waals surface area (Å²) >= 11 is 0. The Kier molecular flexibility index (Phi) is 4.97. The molecule has 2 aliphatic heterocycles. The molecule has 0 bridgehead atoms. The molecular weight excluding hydrogens is 232 g/mol. The summed E-state index contributed by atoms with van der Waals surface area (Å²) in [6.07, 6.45) is 3.54. The monoisotopic (exact) mass is 256 g/mol. The maximum atomic E-state index is 10.8. The van der Waals surface area contributed by atoms with Gasteiger partial charge in [0.2, 0.25) is 0 Å². The van der Waals surface area contributed by atoms with Gasteiger partial charge >= 0.3 is 5.97 Å². The fourth-order valence-electron chi connectivity index (χ4n) is 2.99. The van der Waals surface area contributed by atoms with Gasteiger partial charge in [-0.2, -0.15) is 0 Å². The van der Waals surface area contributed by atoms with Crippen molar-refractivity contribution in [1.82, 2.24) is 10.2 Å². The number of hydrogen-bond donors (Lipinski definition) is 2. The summed E-state index contributed by atoms with van der Waals surface area (Å²) in [4.78, 5) is 13.3. The normalized spacial score (nSPS) is 33.1. The van der Waals surface area contributed by atoms with Gasteiger partial charge in [0, 0.05) is 19.1 Å². The molecule has 0 aromatic heterocycles. The third-order valence-corrected chi connectivity index (χ3v) is 4.04. The van der Waals surface area contributed by atoms with Gasteiger partial charge in [-0.3, -0.25) is 4.90 Å². The van der Waals surface area contributed by atoms with Crippen LogP contribution in [0.3, 0.4) is 0 Å². The molecule has 5 nitrogen and oxygen atoms in total. The molecule has 0 amide bonds. The van der Waals surface area contributed by atoms with Crippen LogP contribution in [0.2, 0.25) is 0 Å². The van der Waals surface area contributed by atoms with E-state index in [1.807, 2.05) is 0 Å². The maximum absolute atomic E-state index is 10.8. The molecule has 18 heavy (non-hydrogen) atoms. The third kappa shape index (κ3) is 3.43. The van der Waals surface area contributed by atoms with Crippen LogP contribution >= 0.6 is 0 Å². The second-order valence-corrected chi connectivity index (χ2v) is 5.25. The number of aliphatic carboxylic acids is 1. The number of carboxylic acid groups (broad SMARTS) is 1. The van der Waals surface area contributed by atoms with E-state index in [0.717, 1.165) is 26.1 Å². The standard InChI is InChI=1S/C13H24N2O3/c1-2-15-7-3-4-10(15)8-14-9-11-5-6-12(18-11)13(16)17/h10-12,14H,2-9H2,1H3,(H,16,17). The number of likely N-dealkylation sites (N-methyl/N-ethyl adjacent to an activating group) is 1. The largest absolute Gasteiger partial charge is 0.479 e. The van der Waals surface area contributed by atoms with Crippen LogP contribution in [0.5, 0.6) is 0 Å². The predicted octanol–water partition coefficient (Wildman–Crippen LogP) is 0.693. The Morgan fingerprint density at radius 2 is 2.22 bits per heavy atom. The fraction of sp³-hybridized carbons (Fsp3) is 0.923. The molecule has 2 rings (SSSR count). The molecule has 2 saturated heterocycles. The molecule has 2 N–H and O–H groups in total. The number of hydrogen-bond acceptors (Lipinski definition) is 4. The Bertz CT molecular complexity index is 285. The van der Waals surface area contributed by atoms with Crippen molar-refractivity contribution in [2.45, 2.75) is 50.9 Å².